The van der Waals surface area contributed by atoms with Crippen LogP contribution < -0.4 is 5.32 Å². The number of likely N-dealkylation sites (N-methyl/N-ethyl adjacent to an activating group) is 1. The second-order valence-electron chi connectivity index (χ2n) is 4.69. The fraction of sp³-hybridized carbons (Fsp3) is 0.562. The zero-order valence-corrected chi connectivity index (χ0v) is 11.8. The number of aldehydes is 1. The molecule has 1 N–H and O–H groups in total. The number of carbonyl (C=O) groups excluding carboxylic acids is 1. The summed E-state index contributed by atoms with van der Waals surface area (Å²) >= 11 is 0. The minimum atomic E-state index is 0.0331. The van der Waals surface area contributed by atoms with E-state index in [9.17, 15) is 4.79 Å². The number of hydrogen-bond donors (Lipinski definition) is 1. The monoisotopic (exact) mass is 247 g/mol. The molecule has 1 aliphatic rings. The van der Waals surface area contributed by atoms with Crippen molar-refractivity contribution in [1.29, 1.82) is 0 Å². The van der Waals surface area contributed by atoms with Crippen LogP contribution in [0.15, 0.2) is 24.3 Å². The van der Waals surface area contributed by atoms with Gasteiger partial charge < -0.3 is 10.1 Å². The molecule has 0 radical (unpaired) electrons. The van der Waals surface area contributed by atoms with Gasteiger partial charge in [-0.2, -0.15) is 0 Å². The summed E-state index contributed by atoms with van der Waals surface area (Å²) in [6.07, 6.45) is 5.15. The molecule has 0 fully saturated rings. The van der Waals surface area contributed by atoms with Crippen molar-refractivity contribution >= 4 is 6.29 Å². The van der Waals surface area contributed by atoms with Crippen LogP contribution in [-0.2, 0) is 16.6 Å². The number of nitrogens with one attached hydrogen (secondary N) is 1. The lowest BCUT2D eigenvalue weighted by Gasteiger charge is -2.38. The van der Waals surface area contributed by atoms with Gasteiger partial charge in [0.2, 0.25) is 0 Å². The Morgan fingerprint density at radius 3 is 2.72 bits per heavy atom. The van der Waals surface area contributed by atoms with E-state index in [4.69, 9.17) is 0 Å². The quantitative estimate of drug-likeness (QED) is 0.828. The Balaban J connectivity index is 0.000000771. The average Bonchev–Trinajstić information content (AvgIpc) is 2.42. The Hall–Kier alpha value is -1.15. The van der Waals surface area contributed by atoms with E-state index in [0.717, 1.165) is 25.7 Å². The van der Waals surface area contributed by atoms with Crippen molar-refractivity contribution in [2.24, 2.45) is 0 Å². The molecule has 0 heterocycles. The molecule has 2 rings (SSSR count). The van der Waals surface area contributed by atoms with Crippen LogP contribution in [0.4, 0.5) is 0 Å². The standard InChI is InChI=1S/C14H19NO.C2H6/c1-15-11-14(9-10-16)8-4-6-12-5-2-3-7-13(12)14;1-2/h2-3,5,7,10,15H,4,6,8-9,11H2,1H3;1-2H3. The van der Waals surface area contributed by atoms with Crippen molar-refractivity contribution in [3.8, 4) is 0 Å². The molecule has 1 atom stereocenters. The van der Waals surface area contributed by atoms with Crippen molar-refractivity contribution in [1.82, 2.24) is 5.32 Å². The number of rotatable bonds is 4. The van der Waals surface area contributed by atoms with E-state index in [-0.39, 0.29) is 5.41 Å². The minimum Gasteiger partial charge on any atom is -0.319 e. The SMILES string of the molecule is CC.CNCC1(CC=O)CCCc2ccccc21. The van der Waals surface area contributed by atoms with Crippen LogP contribution in [0.5, 0.6) is 0 Å². The van der Waals surface area contributed by atoms with E-state index in [1.807, 2.05) is 20.9 Å². The Labute approximate surface area is 111 Å². The maximum atomic E-state index is 10.9. The van der Waals surface area contributed by atoms with Gasteiger partial charge in [0.15, 0.2) is 0 Å². The van der Waals surface area contributed by atoms with E-state index >= 15 is 0 Å². The van der Waals surface area contributed by atoms with Gasteiger partial charge in [-0.3, -0.25) is 0 Å². The minimum absolute atomic E-state index is 0.0331. The highest BCUT2D eigenvalue weighted by atomic mass is 16.1. The molecule has 0 bridgehead atoms. The maximum absolute atomic E-state index is 10.9. The van der Waals surface area contributed by atoms with E-state index in [1.165, 1.54) is 17.5 Å². The van der Waals surface area contributed by atoms with Crippen LogP contribution >= 0.6 is 0 Å². The van der Waals surface area contributed by atoms with Crippen LogP contribution in [-0.4, -0.2) is 19.9 Å². The molecular formula is C16H25NO. The summed E-state index contributed by atoms with van der Waals surface area (Å²) in [5, 5.41) is 3.25. The Kier molecular flexibility index (Phi) is 6.06. The topological polar surface area (TPSA) is 29.1 Å². The van der Waals surface area contributed by atoms with Gasteiger partial charge in [-0.25, -0.2) is 0 Å². The van der Waals surface area contributed by atoms with Crippen molar-refractivity contribution in [3.63, 3.8) is 0 Å². The summed E-state index contributed by atoms with van der Waals surface area (Å²) in [5.74, 6) is 0. The lowest BCUT2D eigenvalue weighted by molar-refractivity contribution is -0.109. The first-order chi connectivity index (χ1) is 8.82. The third-order valence-electron chi connectivity index (χ3n) is 3.68. The summed E-state index contributed by atoms with van der Waals surface area (Å²) < 4.78 is 0. The molecule has 0 amide bonds. The predicted octanol–water partition coefficient (Wildman–Crippen LogP) is 3.10. The molecule has 1 unspecified atom stereocenters. The van der Waals surface area contributed by atoms with Gasteiger partial charge in [-0.1, -0.05) is 38.1 Å². The van der Waals surface area contributed by atoms with Gasteiger partial charge in [0.25, 0.3) is 0 Å². The summed E-state index contributed by atoms with van der Waals surface area (Å²) in [7, 11) is 1.96. The average molecular weight is 247 g/mol. The molecule has 2 heteroatoms. The number of fused-ring (bicyclic) bond motifs is 1. The van der Waals surface area contributed by atoms with E-state index in [0.29, 0.717) is 6.42 Å². The van der Waals surface area contributed by atoms with Crippen LogP contribution in [0.25, 0.3) is 0 Å². The number of hydrogen-bond acceptors (Lipinski definition) is 2. The lowest BCUT2D eigenvalue weighted by Crippen LogP contribution is -2.40. The lowest BCUT2D eigenvalue weighted by atomic mass is 9.68. The molecule has 0 saturated carbocycles. The van der Waals surface area contributed by atoms with E-state index < -0.39 is 0 Å². The molecule has 1 aromatic rings. The molecule has 0 aromatic heterocycles. The Morgan fingerprint density at radius 1 is 1.33 bits per heavy atom. The van der Waals surface area contributed by atoms with Crippen LogP contribution in [0.2, 0.25) is 0 Å². The molecule has 100 valence electrons. The second kappa shape index (κ2) is 7.32. The first-order valence-corrected chi connectivity index (χ1v) is 6.99. The van der Waals surface area contributed by atoms with Gasteiger partial charge in [-0.05, 0) is 37.4 Å². The van der Waals surface area contributed by atoms with Crippen molar-refractivity contribution in [2.75, 3.05) is 13.6 Å². The zero-order chi connectivity index (χ0) is 13.4. The van der Waals surface area contributed by atoms with Crippen molar-refractivity contribution in [2.45, 2.75) is 44.9 Å². The van der Waals surface area contributed by atoms with Crippen LogP contribution in [0.1, 0.15) is 44.2 Å². The molecule has 1 aromatic carbocycles. The normalized spacial score (nSPS) is 21.5. The Morgan fingerprint density at radius 2 is 2.06 bits per heavy atom. The molecule has 0 saturated heterocycles. The highest BCUT2D eigenvalue weighted by Gasteiger charge is 2.35. The van der Waals surface area contributed by atoms with E-state index in [2.05, 4.69) is 29.6 Å². The molecule has 0 aliphatic heterocycles. The Bertz CT molecular complexity index is 375. The number of aryl methyl sites for hydroxylation is 1. The fourth-order valence-electron chi connectivity index (χ4n) is 2.97. The molecule has 18 heavy (non-hydrogen) atoms. The first-order valence-electron chi connectivity index (χ1n) is 6.99. The van der Waals surface area contributed by atoms with Gasteiger partial charge in [-0.15, -0.1) is 0 Å². The van der Waals surface area contributed by atoms with Gasteiger partial charge >= 0.3 is 0 Å². The predicted molar refractivity (Wildman–Crippen MR) is 77.0 cm³/mol. The largest absolute Gasteiger partial charge is 0.319 e. The maximum Gasteiger partial charge on any atom is 0.120 e. The van der Waals surface area contributed by atoms with Gasteiger partial charge in [0.05, 0.1) is 0 Å². The molecule has 1 aliphatic carbocycles. The molecular weight excluding hydrogens is 222 g/mol. The first kappa shape index (κ1) is 14.9. The number of carbonyl (C=O) groups is 1. The highest BCUT2D eigenvalue weighted by molar-refractivity contribution is 5.55. The van der Waals surface area contributed by atoms with Crippen LogP contribution in [0.3, 0.4) is 0 Å². The zero-order valence-electron chi connectivity index (χ0n) is 11.8. The van der Waals surface area contributed by atoms with Crippen molar-refractivity contribution in [3.05, 3.63) is 35.4 Å². The third-order valence-corrected chi connectivity index (χ3v) is 3.68. The van der Waals surface area contributed by atoms with Gasteiger partial charge in [0.1, 0.15) is 6.29 Å². The highest BCUT2D eigenvalue weighted by Crippen LogP contribution is 2.38. The molecule has 2 nitrogen and oxygen atoms in total. The third kappa shape index (κ3) is 2.99. The van der Waals surface area contributed by atoms with Gasteiger partial charge in [0, 0.05) is 18.4 Å². The second-order valence-corrected chi connectivity index (χ2v) is 4.69. The summed E-state index contributed by atoms with van der Waals surface area (Å²) in [4.78, 5) is 10.9. The molecule has 0 spiro atoms. The van der Waals surface area contributed by atoms with Crippen molar-refractivity contribution < 1.29 is 4.79 Å². The fourth-order valence-corrected chi connectivity index (χ4v) is 2.97. The van der Waals surface area contributed by atoms with E-state index in [1.54, 1.807) is 0 Å². The summed E-state index contributed by atoms with van der Waals surface area (Å²) in [5.41, 5.74) is 2.83. The van der Waals surface area contributed by atoms with Crippen LogP contribution in [0, 0.1) is 0 Å². The summed E-state index contributed by atoms with van der Waals surface area (Å²) in [6.45, 7) is 4.89. The smallest absolute Gasteiger partial charge is 0.120 e. The summed E-state index contributed by atoms with van der Waals surface area (Å²) in [6, 6.07) is 8.56. The number of benzene rings is 1.